The number of piperidine rings is 1. The van der Waals surface area contributed by atoms with E-state index in [0.29, 0.717) is 12.1 Å². The van der Waals surface area contributed by atoms with E-state index in [1.165, 1.54) is 38.8 Å². The molecule has 3 rings (SSSR count). The summed E-state index contributed by atoms with van der Waals surface area (Å²) in [6.45, 7) is 3.32. The van der Waals surface area contributed by atoms with Crippen LogP contribution in [-0.2, 0) is 0 Å². The maximum atomic E-state index is 10.6. The summed E-state index contributed by atoms with van der Waals surface area (Å²) >= 11 is 0. The summed E-state index contributed by atoms with van der Waals surface area (Å²) in [5, 5.41) is 14.2. The molecule has 0 aromatic heterocycles. The third-order valence-electron chi connectivity index (χ3n) is 4.30. The zero-order valence-corrected chi connectivity index (χ0v) is 9.41. The van der Waals surface area contributed by atoms with E-state index in [2.05, 4.69) is 10.2 Å². The van der Waals surface area contributed by atoms with Gasteiger partial charge in [0.05, 0.1) is 5.60 Å². The van der Waals surface area contributed by atoms with Gasteiger partial charge in [0.15, 0.2) is 0 Å². The van der Waals surface area contributed by atoms with Crippen molar-refractivity contribution in [1.82, 2.24) is 10.2 Å². The third-order valence-corrected chi connectivity index (χ3v) is 4.30. The molecule has 3 fully saturated rings. The lowest BCUT2D eigenvalue weighted by molar-refractivity contribution is -0.0301. The van der Waals surface area contributed by atoms with Gasteiger partial charge in [-0.1, -0.05) is 0 Å². The van der Waals surface area contributed by atoms with Gasteiger partial charge in [-0.2, -0.15) is 0 Å². The van der Waals surface area contributed by atoms with Crippen LogP contribution in [0.5, 0.6) is 0 Å². The highest BCUT2D eigenvalue weighted by Crippen LogP contribution is 2.34. The molecule has 3 aliphatic heterocycles. The molecule has 0 aromatic rings. The number of β-amino-alcohol motifs (C(OH)–C–C–N with tert-alkyl or cyclic N) is 1. The second-order valence-electron chi connectivity index (χ2n) is 5.75. The van der Waals surface area contributed by atoms with E-state index in [9.17, 15) is 5.11 Å². The molecule has 3 saturated heterocycles. The molecule has 0 amide bonds. The van der Waals surface area contributed by atoms with Crippen LogP contribution in [0.2, 0.25) is 0 Å². The van der Waals surface area contributed by atoms with Gasteiger partial charge in [0.2, 0.25) is 0 Å². The number of fused-ring (bicyclic) bond motifs is 2. The van der Waals surface area contributed by atoms with E-state index < -0.39 is 0 Å². The second kappa shape index (κ2) is 3.72. The highest BCUT2D eigenvalue weighted by Gasteiger charge is 2.43. The van der Waals surface area contributed by atoms with Gasteiger partial charge in [-0.3, -0.25) is 0 Å². The first-order chi connectivity index (χ1) is 7.23. The molecule has 2 N–H and O–H groups in total. The Bertz CT molecular complexity index is 226. The zero-order valence-electron chi connectivity index (χ0n) is 9.41. The van der Waals surface area contributed by atoms with Crippen LogP contribution in [0, 0.1) is 0 Å². The van der Waals surface area contributed by atoms with Crippen molar-refractivity contribution in [1.29, 1.82) is 0 Å². The fraction of sp³-hybridized carbons (Fsp3) is 1.00. The number of aliphatic hydroxyl groups is 1. The largest absolute Gasteiger partial charge is 0.388 e. The molecule has 3 heterocycles. The smallest absolute Gasteiger partial charge is 0.0803 e. The molecule has 0 aliphatic carbocycles. The van der Waals surface area contributed by atoms with Crippen LogP contribution in [0.1, 0.15) is 38.5 Å². The molecule has 0 saturated carbocycles. The maximum Gasteiger partial charge on any atom is 0.0803 e. The molecule has 2 unspecified atom stereocenters. The Balaban J connectivity index is 1.63. The SMILES string of the molecule is OC1(CN2CCCC2)CC2CCC(C1)N2. The van der Waals surface area contributed by atoms with Crippen molar-refractivity contribution in [3.05, 3.63) is 0 Å². The predicted molar refractivity (Wildman–Crippen MR) is 59.8 cm³/mol. The summed E-state index contributed by atoms with van der Waals surface area (Å²) in [7, 11) is 0. The predicted octanol–water partition coefficient (Wildman–Crippen LogP) is 0.728. The Labute approximate surface area is 91.8 Å². The summed E-state index contributed by atoms with van der Waals surface area (Å²) in [5.74, 6) is 0. The molecule has 0 spiro atoms. The van der Waals surface area contributed by atoms with Gasteiger partial charge in [0.1, 0.15) is 0 Å². The van der Waals surface area contributed by atoms with E-state index in [0.717, 1.165) is 19.4 Å². The van der Waals surface area contributed by atoms with E-state index in [1.807, 2.05) is 0 Å². The number of nitrogens with zero attached hydrogens (tertiary/aromatic N) is 1. The lowest BCUT2D eigenvalue weighted by Gasteiger charge is -2.39. The lowest BCUT2D eigenvalue weighted by Crippen LogP contribution is -2.53. The molecule has 86 valence electrons. The van der Waals surface area contributed by atoms with E-state index in [4.69, 9.17) is 0 Å². The topological polar surface area (TPSA) is 35.5 Å². The lowest BCUT2D eigenvalue weighted by atomic mass is 9.87. The minimum absolute atomic E-state index is 0.387. The first-order valence-corrected chi connectivity index (χ1v) is 6.44. The van der Waals surface area contributed by atoms with E-state index >= 15 is 0 Å². The Morgan fingerprint density at radius 1 is 1.13 bits per heavy atom. The second-order valence-corrected chi connectivity index (χ2v) is 5.75. The molecule has 3 aliphatic rings. The van der Waals surface area contributed by atoms with Gasteiger partial charge in [0, 0.05) is 18.6 Å². The molecular weight excluding hydrogens is 188 g/mol. The van der Waals surface area contributed by atoms with Crippen molar-refractivity contribution >= 4 is 0 Å². The number of nitrogens with one attached hydrogen (secondary N) is 1. The minimum Gasteiger partial charge on any atom is -0.388 e. The van der Waals surface area contributed by atoms with Crippen LogP contribution in [0.4, 0.5) is 0 Å². The van der Waals surface area contributed by atoms with Gasteiger partial charge < -0.3 is 15.3 Å². The van der Waals surface area contributed by atoms with Crippen molar-refractivity contribution in [2.75, 3.05) is 19.6 Å². The Kier molecular flexibility index (Phi) is 2.49. The first kappa shape index (κ1) is 10.1. The van der Waals surface area contributed by atoms with Crippen molar-refractivity contribution in [2.45, 2.75) is 56.2 Å². The highest BCUT2D eigenvalue weighted by atomic mass is 16.3. The maximum absolute atomic E-state index is 10.6. The highest BCUT2D eigenvalue weighted by molar-refractivity contribution is 5.01. The molecule has 2 bridgehead atoms. The minimum atomic E-state index is -0.387. The van der Waals surface area contributed by atoms with Crippen LogP contribution >= 0.6 is 0 Å². The summed E-state index contributed by atoms with van der Waals surface area (Å²) in [6.07, 6.45) is 7.13. The fourth-order valence-corrected chi connectivity index (χ4v) is 3.71. The third kappa shape index (κ3) is 2.05. The van der Waals surface area contributed by atoms with Crippen molar-refractivity contribution in [2.24, 2.45) is 0 Å². The van der Waals surface area contributed by atoms with Crippen LogP contribution < -0.4 is 5.32 Å². The number of rotatable bonds is 2. The Morgan fingerprint density at radius 2 is 1.73 bits per heavy atom. The summed E-state index contributed by atoms with van der Waals surface area (Å²) in [5.41, 5.74) is -0.387. The molecule has 0 radical (unpaired) electrons. The summed E-state index contributed by atoms with van der Waals surface area (Å²) < 4.78 is 0. The monoisotopic (exact) mass is 210 g/mol. The normalized spacial score (nSPS) is 46.2. The van der Waals surface area contributed by atoms with Crippen LogP contribution in [0.3, 0.4) is 0 Å². The zero-order chi connectivity index (χ0) is 10.3. The van der Waals surface area contributed by atoms with Crippen LogP contribution in [0.25, 0.3) is 0 Å². The van der Waals surface area contributed by atoms with Crippen molar-refractivity contribution in [3.63, 3.8) is 0 Å². The number of hydrogen-bond acceptors (Lipinski definition) is 3. The summed E-state index contributed by atoms with van der Waals surface area (Å²) in [6, 6.07) is 1.19. The van der Waals surface area contributed by atoms with Crippen LogP contribution in [-0.4, -0.2) is 47.3 Å². The summed E-state index contributed by atoms with van der Waals surface area (Å²) in [4.78, 5) is 2.45. The van der Waals surface area contributed by atoms with Gasteiger partial charge >= 0.3 is 0 Å². The molecular formula is C12H22N2O. The van der Waals surface area contributed by atoms with Crippen LogP contribution in [0.15, 0.2) is 0 Å². The van der Waals surface area contributed by atoms with Gasteiger partial charge in [-0.15, -0.1) is 0 Å². The number of likely N-dealkylation sites (tertiary alicyclic amines) is 1. The fourth-order valence-electron chi connectivity index (χ4n) is 3.71. The van der Waals surface area contributed by atoms with Gasteiger partial charge in [0.25, 0.3) is 0 Å². The molecule has 3 nitrogen and oxygen atoms in total. The molecule has 3 heteroatoms. The first-order valence-electron chi connectivity index (χ1n) is 6.44. The van der Waals surface area contributed by atoms with Gasteiger partial charge in [-0.25, -0.2) is 0 Å². The van der Waals surface area contributed by atoms with Crippen molar-refractivity contribution < 1.29 is 5.11 Å². The Morgan fingerprint density at radius 3 is 2.33 bits per heavy atom. The van der Waals surface area contributed by atoms with Gasteiger partial charge in [-0.05, 0) is 51.6 Å². The van der Waals surface area contributed by atoms with E-state index in [1.54, 1.807) is 0 Å². The average Bonchev–Trinajstić information content (AvgIpc) is 2.76. The van der Waals surface area contributed by atoms with Crippen molar-refractivity contribution in [3.8, 4) is 0 Å². The average molecular weight is 210 g/mol. The Hall–Kier alpha value is -0.120. The van der Waals surface area contributed by atoms with E-state index in [-0.39, 0.29) is 5.60 Å². The molecule has 0 aromatic carbocycles. The number of hydrogen-bond donors (Lipinski definition) is 2. The molecule has 15 heavy (non-hydrogen) atoms. The standard InChI is InChI=1S/C12H22N2O/c15-12(9-14-5-1-2-6-14)7-10-3-4-11(8-12)13-10/h10-11,13,15H,1-9H2. The molecule has 2 atom stereocenters. The quantitative estimate of drug-likeness (QED) is 0.705.